The lowest BCUT2D eigenvalue weighted by Gasteiger charge is -2.14. The van der Waals surface area contributed by atoms with Gasteiger partial charge in [0.25, 0.3) is 11.8 Å². The first kappa shape index (κ1) is 25.5. The van der Waals surface area contributed by atoms with Crippen molar-refractivity contribution in [3.05, 3.63) is 65.2 Å². The van der Waals surface area contributed by atoms with Crippen LogP contribution in [-0.4, -0.2) is 48.1 Å². The first-order valence-electron chi connectivity index (χ1n) is 10.3. The Morgan fingerprint density at radius 2 is 1.48 bits per heavy atom. The van der Waals surface area contributed by atoms with E-state index in [1.54, 1.807) is 48.5 Å². The normalized spacial score (nSPS) is 12.0. The molecule has 2 atom stereocenters. The zero-order valence-electron chi connectivity index (χ0n) is 18.0. The van der Waals surface area contributed by atoms with Crippen molar-refractivity contribution in [2.75, 3.05) is 18.4 Å². The average Bonchev–Trinajstić information content (AvgIpc) is 2.84. The van der Waals surface area contributed by atoms with Crippen molar-refractivity contribution in [1.29, 1.82) is 0 Å². The van der Waals surface area contributed by atoms with Gasteiger partial charge in [0.1, 0.15) is 6.04 Å². The largest absolute Gasteiger partial charge is 0.339 e. The van der Waals surface area contributed by atoms with Crippen molar-refractivity contribution in [1.82, 2.24) is 10.8 Å². The smallest absolute Gasteiger partial charge is 0.267 e. The number of hydrogen-bond donors (Lipinski definition) is 7. The molecule has 0 unspecified atom stereocenters. The molecular weight excluding hydrogens is 424 g/mol. The number of carbonyl (C=O) groups is 3. The van der Waals surface area contributed by atoms with Gasteiger partial charge >= 0.3 is 0 Å². The van der Waals surface area contributed by atoms with Crippen LogP contribution >= 0.6 is 0 Å². The summed E-state index contributed by atoms with van der Waals surface area (Å²) in [6.45, 7) is 0.327. The Morgan fingerprint density at radius 1 is 0.909 bits per heavy atom. The third kappa shape index (κ3) is 8.03. The number of hydrogen-bond acceptors (Lipinski definition) is 7. The number of nitrogens with one attached hydrogen (secondary N) is 3. The number of rotatable bonds is 9. The molecule has 2 aromatic carbocycles. The van der Waals surface area contributed by atoms with E-state index >= 15 is 0 Å². The summed E-state index contributed by atoms with van der Waals surface area (Å²) in [5.41, 5.74) is 20.5. The topological polar surface area (TPSA) is 186 Å². The highest BCUT2D eigenvalue weighted by molar-refractivity contribution is 5.97. The first-order chi connectivity index (χ1) is 15.9. The van der Waals surface area contributed by atoms with Crippen LogP contribution in [0.4, 0.5) is 5.69 Å². The van der Waals surface area contributed by atoms with Crippen LogP contribution in [0.25, 0.3) is 0 Å². The zero-order valence-corrected chi connectivity index (χ0v) is 18.0. The summed E-state index contributed by atoms with van der Waals surface area (Å²) < 4.78 is 0. The molecular formula is C23H28N6O4. The molecule has 0 spiro atoms. The summed E-state index contributed by atoms with van der Waals surface area (Å²) >= 11 is 0. The molecule has 10 N–H and O–H groups in total. The predicted octanol–water partition coefficient (Wildman–Crippen LogP) is -0.346. The molecule has 0 saturated heterocycles. The highest BCUT2D eigenvalue weighted by Gasteiger charge is 2.19. The number of benzene rings is 2. The van der Waals surface area contributed by atoms with Crippen LogP contribution < -0.4 is 33.3 Å². The first-order valence-corrected chi connectivity index (χ1v) is 10.3. The van der Waals surface area contributed by atoms with E-state index in [1.165, 1.54) is 5.48 Å². The van der Waals surface area contributed by atoms with Crippen LogP contribution in [0.1, 0.15) is 34.3 Å². The van der Waals surface area contributed by atoms with Gasteiger partial charge in [0.15, 0.2) is 0 Å². The van der Waals surface area contributed by atoms with Gasteiger partial charge in [-0.25, -0.2) is 5.48 Å². The van der Waals surface area contributed by atoms with Crippen LogP contribution in [0.2, 0.25) is 0 Å². The van der Waals surface area contributed by atoms with Crippen molar-refractivity contribution >= 4 is 23.4 Å². The van der Waals surface area contributed by atoms with Crippen molar-refractivity contribution in [2.45, 2.75) is 24.9 Å². The van der Waals surface area contributed by atoms with Crippen LogP contribution in [0.3, 0.4) is 0 Å². The number of hydroxylamine groups is 1. The fraction of sp³-hybridized carbons (Fsp3) is 0.261. The van der Waals surface area contributed by atoms with Gasteiger partial charge in [0, 0.05) is 28.9 Å². The van der Waals surface area contributed by atoms with Crippen molar-refractivity contribution in [3.63, 3.8) is 0 Å². The molecule has 174 valence electrons. The predicted molar refractivity (Wildman–Crippen MR) is 124 cm³/mol. The summed E-state index contributed by atoms with van der Waals surface area (Å²) in [6.07, 6.45) is 1.21. The Kier molecular flexibility index (Phi) is 10.0. The van der Waals surface area contributed by atoms with E-state index in [2.05, 4.69) is 22.5 Å². The lowest BCUT2D eigenvalue weighted by molar-refractivity contribution is -0.130. The van der Waals surface area contributed by atoms with Crippen molar-refractivity contribution in [2.24, 2.45) is 17.2 Å². The summed E-state index contributed by atoms with van der Waals surface area (Å²) in [6, 6.07) is 11.8. The molecule has 2 rings (SSSR count). The molecule has 0 aromatic heterocycles. The summed E-state index contributed by atoms with van der Waals surface area (Å²) in [4.78, 5) is 35.7. The van der Waals surface area contributed by atoms with E-state index in [-0.39, 0.29) is 12.5 Å². The van der Waals surface area contributed by atoms with Gasteiger partial charge < -0.3 is 27.8 Å². The van der Waals surface area contributed by atoms with Gasteiger partial charge in [-0.05, 0) is 67.9 Å². The Hall–Kier alpha value is -3.75. The second kappa shape index (κ2) is 12.9. The van der Waals surface area contributed by atoms with Gasteiger partial charge in [-0.2, -0.15) is 0 Å². The maximum atomic E-state index is 12.2. The van der Waals surface area contributed by atoms with Crippen LogP contribution in [0.5, 0.6) is 0 Å². The molecule has 0 bridgehead atoms. The Morgan fingerprint density at radius 3 is 2.00 bits per heavy atom. The van der Waals surface area contributed by atoms with Crippen molar-refractivity contribution in [3.8, 4) is 11.8 Å². The fourth-order valence-electron chi connectivity index (χ4n) is 2.74. The average molecular weight is 453 g/mol. The van der Waals surface area contributed by atoms with E-state index in [1.807, 2.05) is 0 Å². The molecule has 0 aliphatic rings. The van der Waals surface area contributed by atoms with Gasteiger partial charge in [-0.15, -0.1) is 0 Å². The van der Waals surface area contributed by atoms with Gasteiger partial charge in [0.05, 0.1) is 6.04 Å². The molecule has 0 heterocycles. The lowest BCUT2D eigenvalue weighted by Crippen LogP contribution is -2.50. The third-order valence-electron chi connectivity index (χ3n) is 4.67. The van der Waals surface area contributed by atoms with Crippen LogP contribution in [-0.2, 0) is 9.59 Å². The van der Waals surface area contributed by atoms with Gasteiger partial charge in [-0.3, -0.25) is 19.6 Å². The Labute approximate surface area is 191 Å². The Balaban J connectivity index is 1.96. The fourth-order valence-corrected chi connectivity index (χ4v) is 2.74. The molecule has 0 aliphatic carbocycles. The number of carbonyl (C=O) groups excluding carboxylic acids is 3. The van der Waals surface area contributed by atoms with Gasteiger partial charge in [0.2, 0.25) is 5.91 Å². The van der Waals surface area contributed by atoms with E-state index in [4.69, 9.17) is 22.4 Å². The van der Waals surface area contributed by atoms with E-state index < -0.39 is 23.9 Å². The standard InChI is InChI=1S/C23H28N6O4/c24-13-1-2-19(26)22(31)27-18-11-7-16(8-12-18)4-3-15-5-9-17(10-6-15)21(30)28-20(14-25)23(32)29-33/h5-12,19-20,33H,1-2,13-14,24-26H2,(H,27,31)(H,28,30)(H,29,32)/t19-,20-/m0/s1. The van der Waals surface area contributed by atoms with E-state index in [9.17, 15) is 14.4 Å². The van der Waals surface area contributed by atoms with Crippen molar-refractivity contribution < 1.29 is 19.6 Å². The quantitative estimate of drug-likeness (QED) is 0.154. The number of amides is 3. The minimum absolute atomic E-state index is 0.161. The lowest BCUT2D eigenvalue weighted by atomic mass is 10.1. The monoisotopic (exact) mass is 452 g/mol. The second-order valence-corrected chi connectivity index (χ2v) is 7.17. The summed E-state index contributed by atoms with van der Waals surface area (Å²) in [5, 5.41) is 13.9. The molecule has 10 nitrogen and oxygen atoms in total. The molecule has 10 heteroatoms. The molecule has 2 aromatic rings. The molecule has 0 aliphatic heterocycles. The maximum absolute atomic E-state index is 12.2. The SMILES string of the molecule is NCCC[C@H](N)C(=O)Nc1ccc(C#Cc2ccc(C(=O)N[C@@H](CN)C(=O)NO)cc2)cc1. The van der Waals surface area contributed by atoms with Crippen LogP contribution in [0.15, 0.2) is 48.5 Å². The molecule has 3 amide bonds. The molecule has 0 radical (unpaired) electrons. The minimum Gasteiger partial charge on any atom is -0.339 e. The second-order valence-electron chi connectivity index (χ2n) is 7.17. The van der Waals surface area contributed by atoms with Crippen LogP contribution in [0, 0.1) is 11.8 Å². The summed E-state index contributed by atoms with van der Waals surface area (Å²) in [7, 11) is 0. The van der Waals surface area contributed by atoms with E-state index in [0.717, 1.165) is 5.56 Å². The van der Waals surface area contributed by atoms with E-state index in [0.29, 0.717) is 36.2 Å². The van der Waals surface area contributed by atoms with Gasteiger partial charge in [-0.1, -0.05) is 11.8 Å². The number of anilines is 1. The Bertz CT molecular complexity index is 1010. The third-order valence-corrected chi connectivity index (χ3v) is 4.67. The molecule has 33 heavy (non-hydrogen) atoms. The highest BCUT2D eigenvalue weighted by Crippen LogP contribution is 2.10. The molecule has 0 fully saturated rings. The highest BCUT2D eigenvalue weighted by atomic mass is 16.5. The molecule has 0 saturated carbocycles. The minimum atomic E-state index is -1.04. The summed E-state index contributed by atoms with van der Waals surface area (Å²) in [5.74, 6) is 4.43. The number of nitrogens with two attached hydrogens (primary N) is 3. The zero-order chi connectivity index (χ0) is 24.2. The maximum Gasteiger partial charge on any atom is 0.267 e.